The van der Waals surface area contributed by atoms with Crippen molar-refractivity contribution in [3.05, 3.63) is 41.5 Å². The van der Waals surface area contributed by atoms with E-state index >= 15 is 0 Å². The van der Waals surface area contributed by atoms with Crippen molar-refractivity contribution in [2.24, 2.45) is 0 Å². The van der Waals surface area contributed by atoms with Crippen molar-refractivity contribution in [3.63, 3.8) is 0 Å². The number of aliphatic hydroxyl groups excluding tert-OH is 1. The molecule has 0 unspecified atom stereocenters. The Hall–Kier alpha value is -1.66. The lowest BCUT2D eigenvalue weighted by Crippen LogP contribution is -2.40. The molecule has 3 N–H and O–H groups in total. The molecule has 0 spiro atoms. The van der Waals surface area contributed by atoms with Crippen LogP contribution < -0.4 is 14.8 Å². The van der Waals surface area contributed by atoms with Gasteiger partial charge in [-0.25, -0.2) is 18.1 Å². The summed E-state index contributed by atoms with van der Waals surface area (Å²) in [6.45, 7) is 3.60. The van der Waals surface area contributed by atoms with Gasteiger partial charge in [0.05, 0.1) is 6.61 Å². The molecule has 1 saturated heterocycles. The molecule has 1 aliphatic rings. The Balaban J connectivity index is 1.68. The van der Waals surface area contributed by atoms with Crippen LogP contribution in [0.5, 0.6) is 5.88 Å². The van der Waals surface area contributed by atoms with Crippen molar-refractivity contribution < 1.29 is 18.6 Å². The molecule has 2 heterocycles. The first-order valence-electron chi connectivity index (χ1n) is 8.73. The molecular formula is C17H21F2N5O2S2. The Bertz CT molecular complexity index is 781. The highest BCUT2D eigenvalue weighted by molar-refractivity contribution is 7.98. The lowest BCUT2D eigenvalue weighted by molar-refractivity contribution is 0.195. The molecule has 0 radical (unpaired) electrons. The summed E-state index contributed by atoms with van der Waals surface area (Å²) in [5.41, 5.74) is 0.236. The maximum absolute atomic E-state index is 13.8. The van der Waals surface area contributed by atoms with Crippen LogP contribution in [-0.4, -0.2) is 58.8 Å². The molecule has 11 heteroatoms. The molecule has 2 aromatic rings. The second-order valence-electron chi connectivity index (χ2n) is 5.82. The highest BCUT2D eigenvalue weighted by atomic mass is 32.2. The smallest absolute Gasteiger partial charge is 0.219 e. The number of anilines is 1. The standard InChI is InChI=1S/C17H21F2N5O2S2/c18-13-3-1-2-12(16(13)19)11-27-17-21-14(10-15(22-17)26-9-8-25)23-28-24-6-4-20-5-7-24/h1-3,10,20,25H,4-9,11H2,(H,21,22,23). The molecule has 7 nitrogen and oxygen atoms in total. The number of ether oxygens (including phenoxy) is 1. The molecule has 3 rings (SSSR count). The summed E-state index contributed by atoms with van der Waals surface area (Å²) in [4.78, 5) is 8.67. The van der Waals surface area contributed by atoms with E-state index in [4.69, 9.17) is 9.84 Å². The summed E-state index contributed by atoms with van der Waals surface area (Å²) in [5.74, 6) is -0.732. The van der Waals surface area contributed by atoms with E-state index in [2.05, 4.69) is 24.3 Å². The molecule has 1 aromatic heterocycles. The molecule has 0 atom stereocenters. The lowest BCUT2D eigenvalue weighted by Gasteiger charge is -2.25. The number of nitrogens with one attached hydrogen (secondary N) is 2. The number of thioether (sulfide) groups is 1. The zero-order chi connectivity index (χ0) is 19.8. The van der Waals surface area contributed by atoms with Crippen molar-refractivity contribution in [2.75, 3.05) is 44.1 Å². The van der Waals surface area contributed by atoms with E-state index in [0.29, 0.717) is 16.9 Å². The van der Waals surface area contributed by atoms with Crippen LogP contribution in [-0.2, 0) is 5.75 Å². The number of halogens is 2. The van der Waals surface area contributed by atoms with Crippen LogP contribution in [0.2, 0.25) is 0 Å². The number of piperazine rings is 1. The van der Waals surface area contributed by atoms with Gasteiger partial charge in [0.1, 0.15) is 12.4 Å². The van der Waals surface area contributed by atoms with E-state index < -0.39 is 11.6 Å². The average molecular weight is 430 g/mol. The number of rotatable bonds is 9. The Morgan fingerprint density at radius 1 is 1.25 bits per heavy atom. The molecule has 0 saturated carbocycles. The first kappa shape index (κ1) is 21.1. The van der Waals surface area contributed by atoms with Gasteiger partial charge in [-0.05, 0) is 6.07 Å². The third kappa shape index (κ3) is 6.17. The molecule has 1 aliphatic heterocycles. The van der Waals surface area contributed by atoms with Crippen molar-refractivity contribution in [2.45, 2.75) is 10.9 Å². The van der Waals surface area contributed by atoms with Crippen molar-refractivity contribution in [3.8, 4) is 5.88 Å². The van der Waals surface area contributed by atoms with Crippen LogP contribution in [0, 0.1) is 11.6 Å². The minimum Gasteiger partial charge on any atom is -0.475 e. The van der Waals surface area contributed by atoms with E-state index in [0.717, 1.165) is 32.2 Å². The normalized spacial score (nSPS) is 14.8. The van der Waals surface area contributed by atoms with Gasteiger partial charge in [0.25, 0.3) is 0 Å². The number of nitrogens with zero attached hydrogens (tertiary/aromatic N) is 3. The summed E-state index contributed by atoms with van der Waals surface area (Å²) in [5, 5.41) is 12.6. The van der Waals surface area contributed by atoms with Gasteiger partial charge in [0.15, 0.2) is 16.8 Å². The fraction of sp³-hybridized carbons (Fsp3) is 0.412. The zero-order valence-electron chi connectivity index (χ0n) is 15.0. The maximum atomic E-state index is 13.8. The van der Waals surface area contributed by atoms with E-state index in [1.54, 1.807) is 6.07 Å². The van der Waals surface area contributed by atoms with Gasteiger partial charge in [0.2, 0.25) is 5.88 Å². The van der Waals surface area contributed by atoms with Gasteiger partial charge in [-0.3, -0.25) is 0 Å². The minimum absolute atomic E-state index is 0.101. The minimum atomic E-state index is -0.881. The number of hydrogen-bond donors (Lipinski definition) is 3. The molecule has 0 amide bonds. The van der Waals surface area contributed by atoms with Crippen LogP contribution >= 0.6 is 23.9 Å². The predicted octanol–water partition coefficient (Wildman–Crippen LogP) is 2.30. The number of aliphatic hydroxyl groups is 1. The Kier molecular flexibility index (Phi) is 8.10. The van der Waals surface area contributed by atoms with E-state index in [9.17, 15) is 8.78 Å². The number of benzene rings is 1. The quantitative estimate of drug-likeness (QED) is 0.316. The van der Waals surface area contributed by atoms with Crippen LogP contribution in [0.15, 0.2) is 29.4 Å². The van der Waals surface area contributed by atoms with Crippen LogP contribution in [0.25, 0.3) is 0 Å². The summed E-state index contributed by atoms with van der Waals surface area (Å²) < 4.78 is 38.0. The summed E-state index contributed by atoms with van der Waals surface area (Å²) in [6, 6.07) is 5.71. The highest BCUT2D eigenvalue weighted by Gasteiger charge is 2.13. The summed E-state index contributed by atoms with van der Waals surface area (Å²) in [6.07, 6.45) is 0. The third-order valence-electron chi connectivity index (χ3n) is 3.77. The van der Waals surface area contributed by atoms with Gasteiger partial charge in [-0.2, -0.15) is 4.98 Å². The second kappa shape index (κ2) is 10.8. The topological polar surface area (TPSA) is 82.5 Å². The van der Waals surface area contributed by atoms with E-state index in [1.807, 2.05) is 0 Å². The van der Waals surface area contributed by atoms with E-state index in [-0.39, 0.29) is 24.5 Å². The first-order valence-corrected chi connectivity index (χ1v) is 10.5. The molecule has 0 bridgehead atoms. The van der Waals surface area contributed by atoms with Gasteiger partial charge in [-0.1, -0.05) is 23.9 Å². The molecule has 28 heavy (non-hydrogen) atoms. The van der Waals surface area contributed by atoms with E-state index in [1.165, 1.54) is 36.0 Å². The van der Waals surface area contributed by atoms with Crippen molar-refractivity contribution in [1.82, 2.24) is 19.6 Å². The molecule has 1 aromatic carbocycles. The summed E-state index contributed by atoms with van der Waals surface area (Å²) in [7, 11) is 0. The average Bonchev–Trinajstić information content (AvgIpc) is 2.72. The zero-order valence-corrected chi connectivity index (χ0v) is 16.7. The Morgan fingerprint density at radius 3 is 2.86 bits per heavy atom. The Morgan fingerprint density at radius 2 is 2.07 bits per heavy atom. The monoisotopic (exact) mass is 429 g/mol. The van der Waals surface area contributed by atoms with Crippen molar-refractivity contribution >= 4 is 29.7 Å². The summed E-state index contributed by atoms with van der Waals surface area (Å²) >= 11 is 2.62. The lowest BCUT2D eigenvalue weighted by atomic mass is 10.2. The largest absolute Gasteiger partial charge is 0.475 e. The molecule has 0 aliphatic carbocycles. The van der Waals surface area contributed by atoms with Crippen LogP contribution in [0.4, 0.5) is 14.6 Å². The van der Waals surface area contributed by atoms with Crippen LogP contribution in [0.3, 0.4) is 0 Å². The fourth-order valence-corrected chi connectivity index (χ4v) is 3.91. The van der Waals surface area contributed by atoms with Gasteiger partial charge in [0, 0.05) is 55.7 Å². The second-order valence-corrected chi connectivity index (χ2v) is 7.67. The molecular weight excluding hydrogens is 408 g/mol. The van der Waals surface area contributed by atoms with Crippen molar-refractivity contribution in [1.29, 1.82) is 0 Å². The van der Waals surface area contributed by atoms with Gasteiger partial charge >= 0.3 is 0 Å². The molecule has 1 fully saturated rings. The van der Waals surface area contributed by atoms with Gasteiger partial charge in [-0.15, -0.1) is 0 Å². The predicted molar refractivity (Wildman–Crippen MR) is 106 cm³/mol. The fourth-order valence-electron chi connectivity index (χ4n) is 2.39. The third-order valence-corrected chi connectivity index (χ3v) is 5.59. The van der Waals surface area contributed by atoms with Crippen LogP contribution in [0.1, 0.15) is 5.56 Å². The highest BCUT2D eigenvalue weighted by Crippen LogP contribution is 2.27. The first-order chi connectivity index (χ1) is 13.7. The molecule has 152 valence electrons. The number of aromatic nitrogens is 2. The number of hydrogen-bond acceptors (Lipinski definition) is 9. The van der Waals surface area contributed by atoms with Gasteiger partial charge < -0.3 is 19.9 Å². The SMILES string of the molecule is OCCOc1cc(NSN2CCNCC2)nc(SCc2cccc(F)c2F)n1. The maximum Gasteiger partial charge on any atom is 0.219 e. The Labute approximate surface area is 170 Å².